The van der Waals surface area contributed by atoms with Crippen molar-refractivity contribution in [3.05, 3.63) is 28.8 Å². The molecule has 2 rings (SSSR count). The average Bonchev–Trinajstić information content (AvgIpc) is 2.86. The highest BCUT2D eigenvalue weighted by atomic mass is 16.5. The Bertz CT molecular complexity index is 513. The van der Waals surface area contributed by atoms with Gasteiger partial charge in [0, 0.05) is 12.5 Å². The molecule has 0 aromatic heterocycles. The van der Waals surface area contributed by atoms with E-state index in [-0.39, 0.29) is 12.0 Å². The molecule has 4 nitrogen and oxygen atoms in total. The summed E-state index contributed by atoms with van der Waals surface area (Å²) >= 11 is 0. The van der Waals surface area contributed by atoms with Crippen molar-refractivity contribution in [3.8, 4) is 5.75 Å². The fourth-order valence-electron chi connectivity index (χ4n) is 3.15. The second kappa shape index (κ2) is 8.18. The Kier molecular flexibility index (Phi) is 6.25. The average molecular weight is 305 g/mol. The maximum absolute atomic E-state index is 11.4. The third-order valence-electron chi connectivity index (χ3n) is 4.10. The molecule has 0 fully saturated rings. The summed E-state index contributed by atoms with van der Waals surface area (Å²) in [7, 11) is 0. The first-order chi connectivity index (χ1) is 10.7. The van der Waals surface area contributed by atoms with Gasteiger partial charge in [-0.05, 0) is 68.7 Å². The summed E-state index contributed by atoms with van der Waals surface area (Å²) in [6.45, 7) is 4.96. The van der Waals surface area contributed by atoms with Gasteiger partial charge in [-0.25, -0.2) is 0 Å². The van der Waals surface area contributed by atoms with E-state index in [1.807, 2.05) is 13.8 Å². The minimum absolute atomic E-state index is 0.104. The van der Waals surface area contributed by atoms with Crippen LogP contribution in [0.3, 0.4) is 0 Å². The quantitative estimate of drug-likeness (QED) is 0.592. The largest absolute Gasteiger partial charge is 0.494 e. The molecule has 1 aromatic carbocycles. The topological polar surface area (TPSA) is 61.5 Å². The van der Waals surface area contributed by atoms with Gasteiger partial charge in [-0.3, -0.25) is 4.79 Å². The first-order valence-corrected chi connectivity index (χ1v) is 8.33. The summed E-state index contributed by atoms with van der Waals surface area (Å²) in [5, 5.41) is 0. The van der Waals surface area contributed by atoms with Crippen molar-refractivity contribution in [2.45, 2.75) is 58.4 Å². The summed E-state index contributed by atoms with van der Waals surface area (Å²) in [5.74, 6) is 0.874. The molecule has 22 heavy (non-hydrogen) atoms. The first-order valence-electron chi connectivity index (χ1n) is 8.33. The predicted octanol–water partition coefficient (Wildman–Crippen LogP) is 2.79. The van der Waals surface area contributed by atoms with Crippen LogP contribution in [-0.2, 0) is 28.8 Å². The lowest BCUT2D eigenvalue weighted by Gasteiger charge is -2.15. The van der Waals surface area contributed by atoms with Gasteiger partial charge in [0.25, 0.3) is 0 Å². The zero-order valence-electron chi connectivity index (χ0n) is 13.7. The van der Waals surface area contributed by atoms with Crippen LogP contribution in [-0.4, -0.2) is 25.2 Å². The molecule has 1 aromatic rings. The molecule has 0 spiro atoms. The van der Waals surface area contributed by atoms with Crippen molar-refractivity contribution in [1.82, 2.24) is 0 Å². The minimum atomic E-state index is -0.104. The Hall–Kier alpha value is -1.55. The summed E-state index contributed by atoms with van der Waals surface area (Å²) in [6, 6.07) is 4.45. The number of esters is 1. The van der Waals surface area contributed by atoms with E-state index < -0.39 is 0 Å². The zero-order chi connectivity index (χ0) is 15.9. The van der Waals surface area contributed by atoms with Crippen LogP contribution in [0.5, 0.6) is 5.75 Å². The van der Waals surface area contributed by atoms with Crippen LogP contribution in [0.1, 0.15) is 49.8 Å². The highest BCUT2D eigenvalue weighted by Gasteiger charge is 2.23. The molecule has 0 saturated heterocycles. The van der Waals surface area contributed by atoms with Crippen molar-refractivity contribution in [3.63, 3.8) is 0 Å². The van der Waals surface area contributed by atoms with E-state index in [4.69, 9.17) is 15.2 Å². The van der Waals surface area contributed by atoms with E-state index in [1.54, 1.807) is 0 Å². The van der Waals surface area contributed by atoms with Crippen LogP contribution in [0.2, 0.25) is 0 Å². The van der Waals surface area contributed by atoms with Gasteiger partial charge < -0.3 is 15.2 Å². The van der Waals surface area contributed by atoms with Crippen LogP contribution in [0, 0.1) is 0 Å². The molecule has 0 aliphatic heterocycles. The number of nitrogens with two attached hydrogens (primary N) is 1. The molecule has 2 N–H and O–H groups in total. The van der Waals surface area contributed by atoms with Crippen LogP contribution in [0.4, 0.5) is 0 Å². The minimum Gasteiger partial charge on any atom is -0.494 e. The van der Waals surface area contributed by atoms with E-state index in [2.05, 4.69) is 12.1 Å². The number of benzene rings is 1. The van der Waals surface area contributed by atoms with Crippen molar-refractivity contribution in [1.29, 1.82) is 0 Å². The van der Waals surface area contributed by atoms with Crippen LogP contribution in [0.15, 0.2) is 12.1 Å². The second-order valence-electron chi connectivity index (χ2n) is 5.79. The Morgan fingerprint density at radius 1 is 1.23 bits per heavy atom. The number of carbonyl (C=O) groups excluding carboxylic acids is 1. The normalized spacial score (nSPS) is 16.4. The van der Waals surface area contributed by atoms with Gasteiger partial charge in [0.05, 0.1) is 13.2 Å². The molecule has 0 saturated carbocycles. The number of fused-ring (bicyclic) bond motifs is 1. The summed E-state index contributed by atoms with van der Waals surface area (Å²) in [5.41, 5.74) is 10.1. The molecule has 1 aliphatic carbocycles. The Labute approximate surface area is 133 Å². The third-order valence-corrected chi connectivity index (χ3v) is 4.10. The lowest BCUT2D eigenvalue weighted by molar-refractivity contribution is -0.143. The lowest BCUT2D eigenvalue weighted by atomic mass is 9.97. The number of unbranched alkanes of at least 4 members (excludes halogenated alkanes) is 1. The second-order valence-corrected chi connectivity index (χ2v) is 5.79. The van der Waals surface area contributed by atoms with E-state index >= 15 is 0 Å². The van der Waals surface area contributed by atoms with Crippen molar-refractivity contribution in [2.24, 2.45) is 5.73 Å². The number of carbonyl (C=O) groups is 1. The Balaban J connectivity index is 1.99. The summed E-state index contributed by atoms with van der Waals surface area (Å²) < 4.78 is 10.7. The standard InChI is InChI=1S/C18H27NO3/c1-3-21-17-10-9-13-11-14(19)12-16(13)15(17)7-5-6-8-18(20)22-4-2/h9-10,14H,3-8,11-12,19H2,1-2H3. The van der Waals surface area contributed by atoms with Gasteiger partial charge in [0.1, 0.15) is 5.75 Å². The van der Waals surface area contributed by atoms with Crippen molar-refractivity contribution in [2.75, 3.05) is 13.2 Å². The van der Waals surface area contributed by atoms with Gasteiger partial charge in [0.15, 0.2) is 0 Å². The summed E-state index contributed by atoms with van der Waals surface area (Å²) in [6.07, 6.45) is 5.13. The van der Waals surface area contributed by atoms with Crippen LogP contribution < -0.4 is 10.5 Å². The van der Waals surface area contributed by atoms with E-state index in [1.165, 1.54) is 16.7 Å². The zero-order valence-corrected chi connectivity index (χ0v) is 13.7. The first kappa shape index (κ1) is 16.8. The molecular formula is C18H27NO3. The van der Waals surface area contributed by atoms with Gasteiger partial charge in [0.2, 0.25) is 0 Å². The van der Waals surface area contributed by atoms with E-state index in [9.17, 15) is 4.79 Å². The Morgan fingerprint density at radius 2 is 2.05 bits per heavy atom. The summed E-state index contributed by atoms with van der Waals surface area (Å²) in [4.78, 5) is 11.4. The lowest BCUT2D eigenvalue weighted by Crippen LogP contribution is -2.19. The molecule has 1 atom stereocenters. The highest BCUT2D eigenvalue weighted by Crippen LogP contribution is 2.33. The number of hydrogen-bond acceptors (Lipinski definition) is 4. The molecule has 0 radical (unpaired) electrons. The number of rotatable bonds is 8. The number of hydrogen-bond donors (Lipinski definition) is 1. The molecule has 1 aliphatic rings. The molecule has 0 bridgehead atoms. The monoisotopic (exact) mass is 305 g/mol. The third kappa shape index (κ3) is 4.23. The Morgan fingerprint density at radius 3 is 2.77 bits per heavy atom. The highest BCUT2D eigenvalue weighted by molar-refractivity contribution is 5.69. The van der Waals surface area contributed by atoms with E-state index in [0.29, 0.717) is 19.6 Å². The molecule has 0 amide bonds. The molecule has 122 valence electrons. The van der Waals surface area contributed by atoms with Gasteiger partial charge in [-0.2, -0.15) is 0 Å². The fourth-order valence-corrected chi connectivity index (χ4v) is 3.15. The fraction of sp³-hybridized carbons (Fsp3) is 0.611. The molecular weight excluding hydrogens is 278 g/mol. The molecule has 0 heterocycles. The van der Waals surface area contributed by atoms with Crippen LogP contribution >= 0.6 is 0 Å². The van der Waals surface area contributed by atoms with Crippen molar-refractivity contribution < 1.29 is 14.3 Å². The van der Waals surface area contributed by atoms with Crippen LogP contribution in [0.25, 0.3) is 0 Å². The SMILES string of the molecule is CCOC(=O)CCCCc1c(OCC)ccc2c1CC(N)C2. The smallest absolute Gasteiger partial charge is 0.305 e. The van der Waals surface area contributed by atoms with E-state index in [0.717, 1.165) is 37.9 Å². The van der Waals surface area contributed by atoms with Gasteiger partial charge in [-0.15, -0.1) is 0 Å². The van der Waals surface area contributed by atoms with Gasteiger partial charge >= 0.3 is 5.97 Å². The maximum atomic E-state index is 11.4. The van der Waals surface area contributed by atoms with Gasteiger partial charge in [-0.1, -0.05) is 6.07 Å². The predicted molar refractivity (Wildman–Crippen MR) is 87.2 cm³/mol. The molecule has 1 unspecified atom stereocenters. The van der Waals surface area contributed by atoms with Crippen molar-refractivity contribution >= 4 is 5.97 Å². The maximum Gasteiger partial charge on any atom is 0.305 e. The molecule has 4 heteroatoms. The number of ether oxygens (including phenoxy) is 2.